The molecule has 0 spiro atoms. The topological polar surface area (TPSA) is 0 Å². The predicted octanol–water partition coefficient (Wildman–Crippen LogP) is 2.65. The Kier molecular flexibility index (Phi) is 1.93. The summed E-state index contributed by atoms with van der Waals surface area (Å²) < 4.78 is 0. The van der Waals surface area contributed by atoms with Crippen LogP contribution in [-0.2, 0) is 0 Å². The van der Waals surface area contributed by atoms with Crippen molar-refractivity contribution < 1.29 is 0 Å². The maximum Gasteiger partial charge on any atom is -0.0355 e. The Morgan fingerprint density at radius 2 is 2.25 bits per heavy atom. The fourth-order valence-corrected chi connectivity index (χ4v) is 1.22. The van der Waals surface area contributed by atoms with E-state index in [1.165, 1.54) is 19.3 Å². The zero-order chi connectivity index (χ0) is 5.98. The molecular weight excluding hydrogens is 96.1 g/mol. The van der Waals surface area contributed by atoms with E-state index < -0.39 is 0 Å². The van der Waals surface area contributed by atoms with Gasteiger partial charge >= 0.3 is 0 Å². The maximum atomic E-state index is 2.44. The largest absolute Gasteiger partial charge is 0.0628 e. The van der Waals surface area contributed by atoms with Crippen LogP contribution in [0, 0.1) is 18.3 Å². The van der Waals surface area contributed by atoms with Gasteiger partial charge in [0, 0.05) is 0 Å². The Labute approximate surface area is 52.3 Å². The highest BCUT2D eigenvalue weighted by Gasteiger charge is 2.17. The zero-order valence-electron chi connectivity index (χ0n) is 5.85. The Bertz CT molecular complexity index is 60.4. The van der Waals surface area contributed by atoms with Crippen LogP contribution in [-0.4, -0.2) is 0 Å². The molecule has 0 aromatic carbocycles. The van der Waals surface area contributed by atoms with Crippen LogP contribution >= 0.6 is 0 Å². The van der Waals surface area contributed by atoms with Gasteiger partial charge in [0.25, 0.3) is 0 Å². The fourth-order valence-electron chi connectivity index (χ4n) is 1.22. The molecule has 0 saturated heterocycles. The van der Waals surface area contributed by atoms with Gasteiger partial charge in [-0.15, -0.1) is 0 Å². The summed E-state index contributed by atoms with van der Waals surface area (Å²) in [5.41, 5.74) is 0. The van der Waals surface area contributed by atoms with E-state index in [9.17, 15) is 0 Å². The van der Waals surface area contributed by atoms with Crippen molar-refractivity contribution in [1.29, 1.82) is 0 Å². The van der Waals surface area contributed by atoms with Crippen LogP contribution in [0.5, 0.6) is 0 Å². The summed E-state index contributed by atoms with van der Waals surface area (Å²) in [5.74, 6) is 1.88. The molecule has 8 heavy (non-hydrogen) atoms. The van der Waals surface area contributed by atoms with Gasteiger partial charge in [0.1, 0.15) is 0 Å². The van der Waals surface area contributed by atoms with Crippen molar-refractivity contribution in [3.05, 3.63) is 6.42 Å². The van der Waals surface area contributed by atoms with Crippen molar-refractivity contribution >= 4 is 0 Å². The maximum absolute atomic E-state index is 2.44. The summed E-state index contributed by atoms with van der Waals surface area (Å²) in [5, 5.41) is 0. The van der Waals surface area contributed by atoms with Crippen LogP contribution in [0.4, 0.5) is 0 Å². The summed E-state index contributed by atoms with van der Waals surface area (Å²) in [6.45, 7) is 4.60. The first-order valence-corrected chi connectivity index (χ1v) is 3.62. The first-order valence-electron chi connectivity index (χ1n) is 3.62. The van der Waals surface area contributed by atoms with Crippen LogP contribution in [0.25, 0.3) is 0 Å². The fraction of sp³-hybridized carbons (Fsp3) is 0.875. The highest BCUT2D eigenvalue weighted by Crippen LogP contribution is 2.30. The molecule has 0 aromatic heterocycles. The third kappa shape index (κ3) is 1.50. The molecule has 1 rings (SSSR count). The standard InChI is InChI=1S/C8H15/c1-7(2)6-8-4-3-5-8/h4,7-8H,3,5-6H2,1-2H3. The summed E-state index contributed by atoms with van der Waals surface area (Å²) in [6, 6.07) is 0. The molecule has 1 unspecified atom stereocenters. The monoisotopic (exact) mass is 111 g/mol. The molecule has 1 aliphatic carbocycles. The van der Waals surface area contributed by atoms with Crippen LogP contribution in [0.3, 0.4) is 0 Å². The summed E-state index contributed by atoms with van der Waals surface area (Å²) in [4.78, 5) is 0. The molecule has 0 aliphatic heterocycles. The molecule has 47 valence electrons. The molecule has 1 radical (unpaired) electrons. The summed E-state index contributed by atoms with van der Waals surface area (Å²) in [6.07, 6.45) is 6.69. The molecule has 0 heteroatoms. The summed E-state index contributed by atoms with van der Waals surface area (Å²) >= 11 is 0. The van der Waals surface area contributed by atoms with Gasteiger partial charge in [0.05, 0.1) is 0 Å². The average molecular weight is 111 g/mol. The van der Waals surface area contributed by atoms with Crippen LogP contribution in [0.1, 0.15) is 33.1 Å². The zero-order valence-corrected chi connectivity index (χ0v) is 5.85. The van der Waals surface area contributed by atoms with Gasteiger partial charge in [-0.2, -0.15) is 0 Å². The van der Waals surface area contributed by atoms with Crippen molar-refractivity contribution in [2.24, 2.45) is 11.8 Å². The average Bonchev–Trinajstić information content (AvgIpc) is 1.55. The Hall–Kier alpha value is 0. The molecule has 0 nitrogen and oxygen atoms in total. The molecule has 0 bridgehead atoms. The van der Waals surface area contributed by atoms with Gasteiger partial charge < -0.3 is 0 Å². The molecule has 1 saturated carbocycles. The van der Waals surface area contributed by atoms with E-state index in [0.717, 1.165) is 11.8 Å². The van der Waals surface area contributed by atoms with Crippen molar-refractivity contribution in [1.82, 2.24) is 0 Å². The number of hydrogen-bond donors (Lipinski definition) is 0. The van der Waals surface area contributed by atoms with Crippen LogP contribution in [0.15, 0.2) is 0 Å². The third-order valence-electron chi connectivity index (χ3n) is 1.81. The minimum absolute atomic E-state index is 0.900. The van der Waals surface area contributed by atoms with E-state index >= 15 is 0 Å². The lowest BCUT2D eigenvalue weighted by Gasteiger charge is -2.26. The molecular formula is C8H15. The number of rotatable bonds is 2. The van der Waals surface area contributed by atoms with Gasteiger partial charge in [0.2, 0.25) is 0 Å². The molecule has 0 amide bonds. The molecule has 1 atom stereocenters. The van der Waals surface area contributed by atoms with E-state index in [2.05, 4.69) is 20.3 Å². The second kappa shape index (κ2) is 2.52. The van der Waals surface area contributed by atoms with Gasteiger partial charge in [-0.1, -0.05) is 13.8 Å². The van der Waals surface area contributed by atoms with Crippen LogP contribution < -0.4 is 0 Å². The third-order valence-corrected chi connectivity index (χ3v) is 1.81. The Balaban J connectivity index is 2.01. The molecule has 0 aromatic rings. The first-order chi connectivity index (χ1) is 3.79. The SMILES string of the molecule is CC(C)CC1[CH]CC1. The van der Waals surface area contributed by atoms with E-state index in [4.69, 9.17) is 0 Å². The lowest BCUT2D eigenvalue weighted by molar-refractivity contribution is 0.353. The van der Waals surface area contributed by atoms with Gasteiger partial charge in [-0.05, 0) is 37.5 Å². The van der Waals surface area contributed by atoms with E-state index in [0.29, 0.717) is 0 Å². The minimum Gasteiger partial charge on any atom is -0.0628 e. The lowest BCUT2D eigenvalue weighted by Crippen LogP contribution is -2.13. The van der Waals surface area contributed by atoms with E-state index in [-0.39, 0.29) is 0 Å². The predicted molar refractivity (Wildman–Crippen MR) is 36.5 cm³/mol. The molecule has 0 N–H and O–H groups in total. The Morgan fingerprint density at radius 1 is 1.62 bits per heavy atom. The molecule has 0 heterocycles. The molecule has 1 aliphatic rings. The van der Waals surface area contributed by atoms with E-state index in [1.54, 1.807) is 0 Å². The lowest BCUT2D eigenvalue weighted by atomic mass is 9.80. The van der Waals surface area contributed by atoms with Crippen LogP contribution in [0.2, 0.25) is 0 Å². The minimum atomic E-state index is 0.900. The van der Waals surface area contributed by atoms with Crippen molar-refractivity contribution in [2.75, 3.05) is 0 Å². The second-order valence-corrected chi connectivity index (χ2v) is 3.20. The van der Waals surface area contributed by atoms with E-state index in [1.807, 2.05) is 0 Å². The second-order valence-electron chi connectivity index (χ2n) is 3.20. The van der Waals surface area contributed by atoms with Gasteiger partial charge in [-0.25, -0.2) is 0 Å². The molecule has 1 fully saturated rings. The van der Waals surface area contributed by atoms with Crippen molar-refractivity contribution in [3.63, 3.8) is 0 Å². The highest BCUT2D eigenvalue weighted by molar-refractivity contribution is 4.87. The number of hydrogen-bond acceptors (Lipinski definition) is 0. The quantitative estimate of drug-likeness (QED) is 0.514. The van der Waals surface area contributed by atoms with Gasteiger partial charge in [-0.3, -0.25) is 0 Å². The van der Waals surface area contributed by atoms with Crippen molar-refractivity contribution in [2.45, 2.75) is 33.1 Å². The van der Waals surface area contributed by atoms with Crippen molar-refractivity contribution in [3.8, 4) is 0 Å². The first kappa shape index (κ1) is 6.12. The summed E-state index contributed by atoms with van der Waals surface area (Å²) in [7, 11) is 0. The Morgan fingerprint density at radius 3 is 2.38 bits per heavy atom. The highest BCUT2D eigenvalue weighted by atomic mass is 14.2. The normalized spacial score (nSPS) is 21.4. The smallest absolute Gasteiger partial charge is 0.0355 e. The van der Waals surface area contributed by atoms with Gasteiger partial charge in [0.15, 0.2) is 0 Å².